The van der Waals surface area contributed by atoms with Gasteiger partial charge in [-0.2, -0.15) is 0 Å². The van der Waals surface area contributed by atoms with E-state index in [2.05, 4.69) is 74.5 Å². The quantitative estimate of drug-likeness (QED) is 0.549. The van der Waals surface area contributed by atoms with Crippen molar-refractivity contribution in [2.45, 2.75) is 32.6 Å². The highest BCUT2D eigenvalue weighted by Crippen LogP contribution is 2.31. The molecule has 0 aromatic heterocycles. The summed E-state index contributed by atoms with van der Waals surface area (Å²) in [6.07, 6.45) is 2.02. The normalized spacial score (nSPS) is 10.9. The van der Waals surface area contributed by atoms with Crippen molar-refractivity contribution in [1.82, 2.24) is 0 Å². The summed E-state index contributed by atoms with van der Waals surface area (Å²) < 4.78 is 5.49. The maximum absolute atomic E-state index is 5.49. The molecule has 0 N–H and O–H groups in total. The molecule has 0 aliphatic carbocycles. The molecule has 0 atom stereocenters. The van der Waals surface area contributed by atoms with Crippen LogP contribution in [0.4, 0.5) is 0 Å². The van der Waals surface area contributed by atoms with Gasteiger partial charge in [0.2, 0.25) is 0 Å². The first-order valence-corrected chi connectivity index (χ1v) is 8.83. The van der Waals surface area contributed by atoms with E-state index in [4.69, 9.17) is 4.74 Å². The summed E-state index contributed by atoms with van der Waals surface area (Å²) in [4.78, 5) is 0. The largest absolute Gasteiger partial charge is 0.496 e. The molecule has 0 saturated heterocycles. The summed E-state index contributed by atoms with van der Waals surface area (Å²) in [6, 6.07) is 26.9. The average molecular weight is 329 g/mol. The Morgan fingerprint density at radius 3 is 1.92 bits per heavy atom. The number of aryl methyl sites for hydroxylation is 3. The second-order valence-electron chi connectivity index (χ2n) is 6.65. The molecule has 0 saturated carbocycles. The van der Waals surface area contributed by atoms with E-state index < -0.39 is 0 Å². The summed E-state index contributed by atoms with van der Waals surface area (Å²) in [7, 11) is 1.73. The summed E-state index contributed by atoms with van der Waals surface area (Å²) in [5, 5.41) is 0. The lowest BCUT2D eigenvalue weighted by molar-refractivity contribution is 0.408. The Morgan fingerprint density at radius 2 is 1.40 bits per heavy atom. The first kappa shape index (κ1) is 17.3. The van der Waals surface area contributed by atoms with Crippen LogP contribution in [0.25, 0.3) is 0 Å². The predicted octanol–water partition coefficient (Wildman–Crippen LogP) is 5.88. The molecule has 1 heteroatoms. The van der Waals surface area contributed by atoms with Gasteiger partial charge in [-0.15, -0.1) is 0 Å². The number of rotatable bonds is 6. The van der Waals surface area contributed by atoms with Crippen molar-refractivity contribution in [2.75, 3.05) is 7.11 Å². The van der Waals surface area contributed by atoms with Gasteiger partial charge < -0.3 is 4.74 Å². The van der Waals surface area contributed by atoms with E-state index in [0.717, 1.165) is 18.6 Å². The van der Waals surface area contributed by atoms with Crippen LogP contribution < -0.4 is 4.74 Å². The highest BCUT2D eigenvalue weighted by atomic mass is 16.5. The molecule has 0 aliphatic rings. The van der Waals surface area contributed by atoms with Gasteiger partial charge in [0.05, 0.1) is 7.11 Å². The fourth-order valence-electron chi connectivity index (χ4n) is 3.27. The Hall–Kier alpha value is -2.54. The number of methoxy groups -OCH3 is 1. The van der Waals surface area contributed by atoms with Gasteiger partial charge in [0.15, 0.2) is 0 Å². The lowest BCUT2D eigenvalue weighted by Gasteiger charge is -2.19. The van der Waals surface area contributed by atoms with Crippen LogP contribution in [0.15, 0.2) is 66.7 Å². The topological polar surface area (TPSA) is 9.23 Å². The molecule has 127 valence electrons. The number of ether oxygens (including phenoxy) is 1. The smallest absolute Gasteiger partial charge is 0.122 e. The third-order valence-corrected chi connectivity index (χ3v) is 4.79. The van der Waals surface area contributed by atoms with Crippen molar-refractivity contribution in [2.24, 2.45) is 0 Å². The lowest BCUT2D eigenvalue weighted by Crippen LogP contribution is -2.04. The Morgan fingerprint density at radius 1 is 0.840 bits per heavy atom. The minimum absolute atomic E-state index is 0.384. The van der Waals surface area contributed by atoms with Crippen molar-refractivity contribution >= 4 is 0 Å². The first-order valence-electron chi connectivity index (χ1n) is 8.83. The zero-order valence-corrected chi connectivity index (χ0v) is 15.3. The fraction of sp³-hybridized carbons (Fsp3) is 0.250. The second kappa shape index (κ2) is 8.02. The maximum Gasteiger partial charge on any atom is 0.122 e. The molecule has 3 aromatic rings. The molecule has 3 rings (SSSR count). The number of hydrogen-bond donors (Lipinski definition) is 0. The SMILES string of the molecule is COc1c[c]ccc1CCC(c1ccc(C)cc1)c1ccc(C)cc1. The van der Waals surface area contributed by atoms with Gasteiger partial charge in [0.25, 0.3) is 0 Å². The number of hydrogen-bond acceptors (Lipinski definition) is 1. The third-order valence-electron chi connectivity index (χ3n) is 4.79. The van der Waals surface area contributed by atoms with Crippen molar-refractivity contribution in [3.8, 4) is 5.75 Å². The lowest BCUT2D eigenvalue weighted by atomic mass is 9.85. The minimum atomic E-state index is 0.384. The van der Waals surface area contributed by atoms with Crippen LogP contribution in [0.1, 0.15) is 40.2 Å². The summed E-state index contributed by atoms with van der Waals surface area (Å²) in [6.45, 7) is 4.27. The van der Waals surface area contributed by atoms with Crippen LogP contribution in [0.5, 0.6) is 5.75 Å². The summed E-state index contributed by atoms with van der Waals surface area (Å²) >= 11 is 0. The van der Waals surface area contributed by atoms with E-state index in [1.165, 1.54) is 27.8 Å². The zero-order valence-electron chi connectivity index (χ0n) is 15.3. The van der Waals surface area contributed by atoms with E-state index in [9.17, 15) is 0 Å². The molecular formula is C24H25O. The van der Waals surface area contributed by atoms with Gasteiger partial charge in [-0.05, 0) is 55.5 Å². The molecule has 25 heavy (non-hydrogen) atoms. The van der Waals surface area contributed by atoms with Crippen LogP contribution >= 0.6 is 0 Å². The maximum atomic E-state index is 5.49. The highest BCUT2D eigenvalue weighted by Gasteiger charge is 2.15. The molecule has 1 radical (unpaired) electrons. The van der Waals surface area contributed by atoms with E-state index in [-0.39, 0.29) is 0 Å². The van der Waals surface area contributed by atoms with E-state index in [1.54, 1.807) is 7.11 Å². The molecule has 0 aliphatic heterocycles. The summed E-state index contributed by atoms with van der Waals surface area (Å²) in [5.41, 5.74) is 6.58. The Kier molecular flexibility index (Phi) is 5.55. The van der Waals surface area contributed by atoms with Gasteiger partial charge in [0, 0.05) is 5.92 Å². The van der Waals surface area contributed by atoms with Crippen molar-refractivity contribution in [1.29, 1.82) is 0 Å². The van der Waals surface area contributed by atoms with Crippen LogP contribution in [0.2, 0.25) is 0 Å². The first-order chi connectivity index (χ1) is 12.2. The Labute approximate surface area is 151 Å². The molecule has 0 bridgehead atoms. The average Bonchev–Trinajstić information content (AvgIpc) is 2.65. The monoisotopic (exact) mass is 329 g/mol. The summed E-state index contributed by atoms with van der Waals surface area (Å²) in [5.74, 6) is 1.31. The van der Waals surface area contributed by atoms with E-state index >= 15 is 0 Å². The molecule has 1 nitrogen and oxygen atoms in total. The standard InChI is InChI=1S/C24H25O/c1-18-8-12-20(13-9-18)23(21-14-10-19(2)11-15-21)17-16-22-6-4-5-7-24(22)25-3/h4,6-15,23H,16-17H2,1-3H3. The van der Waals surface area contributed by atoms with Crippen molar-refractivity contribution < 1.29 is 4.74 Å². The van der Waals surface area contributed by atoms with Crippen molar-refractivity contribution in [3.05, 3.63) is 101 Å². The van der Waals surface area contributed by atoms with Gasteiger partial charge >= 0.3 is 0 Å². The Bertz CT molecular complexity index is 755. The van der Waals surface area contributed by atoms with Crippen molar-refractivity contribution in [3.63, 3.8) is 0 Å². The van der Waals surface area contributed by atoms with Crippen LogP contribution in [-0.2, 0) is 6.42 Å². The fourth-order valence-corrected chi connectivity index (χ4v) is 3.27. The highest BCUT2D eigenvalue weighted by molar-refractivity contribution is 5.37. The Balaban J connectivity index is 1.88. The van der Waals surface area contributed by atoms with E-state index in [0.29, 0.717) is 5.92 Å². The van der Waals surface area contributed by atoms with Crippen LogP contribution in [-0.4, -0.2) is 7.11 Å². The van der Waals surface area contributed by atoms with Crippen LogP contribution in [0.3, 0.4) is 0 Å². The van der Waals surface area contributed by atoms with Crippen LogP contribution in [0, 0.1) is 19.9 Å². The predicted molar refractivity (Wildman–Crippen MR) is 104 cm³/mol. The van der Waals surface area contributed by atoms with Gasteiger partial charge in [-0.3, -0.25) is 0 Å². The zero-order chi connectivity index (χ0) is 17.6. The number of benzene rings is 3. The molecule has 0 unspecified atom stereocenters. The molecule has 0 spiro atoms. The van der Waals surface area contributed by atoms with Gasteiger partial charge in [-0.25, -0.2) is 0 Å². The molecule has 0 fully saturated rings. The third kappa shape index (κ3) is 4.30. The molecular weight excluding hydrogens is 304 g/mol. The van der Waals surface area contributed by atoms with Gasteiger partial charge in [-0.1, -0.05) is 71.8 Å². The molecule has 3 aromatic carbocycles. The second-order valence-corrected chi connectivity index (χ2v) is 6.65. The molecule has 0 heterocycles. The minimum Gasteiger partial charge on any atom is -0.496 e. The van der Waals surface area contributed by atoms with E-state index in [1.807, 2.05) is 12.1 Å². The molecule has 0 amide bonds. The van der Waals surface area contributed by atoms with Gasteiger partial charge in [0.1, 0.15) is 5.75 Å².